The molecule has 0 aliphatic rings. The Labute approximate surface area is 117 Å². The smallest absolute Gasteiger partial charge is 0.333 e. The van der Waals surface area contributed by atoms with Crippen LogP contribution in [0.3, 0.4) is 0 Å². The van der Waals surface area contributed by atoms with Gasteiger partial charge in [0.25, 0.3) is 0 Å². The van der Waals surface area contributed by atoms with E-state index in [2.05, 4.69) is 4.74 Å². The van der Waals surface area contributed by atoms with Crippen molar-refractivity contribution in [3.8, 4) is 5.75 Å². The zero-order chi connectivity index (χ0) is 15.1. The van der Waals surface area contributed by atoms with Gasteiger partial charge in [0.15, 0.2) is 5.75 Å². The molecule has 0 unspecified atom stereocenters. The number of ether oxygens (including phenoxy) is 2. The molecule has 0 saturated heterocycles. The number of carbonyl (C=O) groups excluding carboxylic acids is 1. The molecule has 0 aliphatic heterocycles. The molecule has 110 valence electrons. The molecule has 1 rings (SSSR count). The van der Waals surface area contributed by atoms with E-state index in [1.807, 2.05) is 6.92 Å². The zero-order valence-electron chi connectivity index (χ0n) is 11.8. The molecule has 7 nitrogen and oxygen atoms in total. The van der Waals surface area contributed by atoms with Crippen LogP contribution < -0.4 is 9.64 Å². The van der Waals surface area contributed by atoms with Gasteiger partial charge in [-0.2, -0.15) is 0 Å². The van der Waals surface area contributed by atoms with Crippen molar-refractivity contribution in [2.24, 2.45) is 0 Å². The Kier molecular flexibility index (Phi) is 5.76. The normalized spacial score (nSPS) is 9.95. The van der Waals surface area contributed by atoms with E-state index < -0.39 is 4.92 Å². The number of nitro groups is 1. The Morgan fingerprint density at radius 1 is 1.40 bits per heavy atom. The van der Waals surface area contributed by atoms with Crippen LogP contribution in [-0.4, -0.2) is 38.2 Å². The van der Waals surface area contributed by atoms with Gasteiger partial charge in [0.2, 0.25) is 0 Å². The van der Waals surface area contributed by atoms with Gasteiger partial charge < -0.3 is 14.4 Å². The number of carbonyl (C=O) groups is 1. The van der Waals surface area contributed by atoms with Crippen molar-refractivity contribution in [2.75, 3.05) is 32.2 Å². The first kappa shape index (κ1) is 15.7. The van der Waals surface area contributed by atoms with E-state index in [0.29, 0.717) is 18.8 Å². The molecule has 1 aromatic carbocycles. The summed E-state index contributed by atoms with van der Waals surface area (Å²) in [5.41, 5.74) is 0.336. The van der Waals surface area contributed by atoms with Crippen LogP contribution in [-0.2, 0) is 9.53 Å². The van der Waals surface area contributed by atoms with Crippen molar-refractivity contribution in [1.82, 2.24) is 0 Å². The number of rotatable bonds is 7. The molecular formula is C13H18N2O5. The van der Waals surface area contributed by atoms with Crippen molar-refractivity contribution >= 4 is 17.3 Å². The van der Waals surface area contributed by atoms with E-state index in [1.165, 1.54) is 20.3 Å². The highest BCUT2D eigenvalue weighted by atomic mass is 16.6. The van der Waals surface area contributed by atoms with Crippen molar-refractivity contribution in [1.29, 1.82) is 0 Å². The Balaban J connectivity index is 3.08. The second-order valence-electron chi connectivity index (χ2n) is 3.99. The molecule has 0 bridgehead atoms. The lowest BCUT2D eigenvalue weighted by Gasteiger charge is -2.22. The fourth-order valence-electron chi connectivity index (χ4n) is 1.89. The number of benzene rings is 1. The van der Waals surface area contributed by atoms with Gasteiger partial charge in [-0.3, -0.25) is 14.9 Å². The van der Waals surface area contributed by atoms with Crippen molar-refractivity contribution in [2.45, 2.75) is 13.3 Å². The highest BCUT2D eigenvalue weighted by Gasteiger charge is 2.24. The second-order valence-corrected chi connectivity index (χ2v) is 3.99. The minimum atomic E-state index is -0.477. The zero-order valence-corrected chi connectivity index (χ0v) is 11.8. The van der Waals surface area contributed by atoms with Crippen LogP contribution in [0.4, 0.5) is 11.4 Å². The predicted octanol–water partition coefficient (Wildman–Crippen LogP) is 1.99. The molecule has 7 heteroatoms. The first-order valence-electron chi connectivity index (χ1n) is 6.18. The lowest BCUT2D eigenvalue weighted by atomic mass is 10.2. The number of anilines is 1. The van der Waals surface area contributed by atoms with Gasteiger partial charge in [0, 0.05) is 13.1 Å². The van der Waals surface area contributed by atoms with Gasteiger partial charge in [-0.05, 0) is 19.1 Å². The molecule has 0 atom stereocenters. The van der Waals surface area contributed by atoms with E-state index in [-0.39, 0.29) is 23.8 Å². The molecule has 0 fully saturated rings. The summed E-state index contributed by atoms with van der Waals surface area (Å²) >= 11 is 0. The maximum Gasteiger partial charge on any atom is 0.333 e. The van der Waals surface area contributed by atoms with Gasteiger partial charge in [0.1, 0.15) is 5.69 Å². The van der Waals surface area contributed by atoms with Crippen LogP contribution in [0, 0.1) is 10.1 Å². The first-order chi connectivity index (χ1) is 9.54. The van der Waals surface area contributed by atoms with Gasteiger partial charge in [-0.25, -0.2) is 0 Å². The number of nitro benzene ring substituents is 1. The Bertz CT molecular complexity index is 490. The minimum absolute atomic E-state index is 0.0956. The highest BCUT2D eigenvalue weighted by Crippen LogP contribution is 2.36. The van der Waals surface area contributed by atoms with Crippen LogP contribution >= 0.6 is 0 Å². The van der Waals surface area contributed by atoms with Crippen LogP contribution in [0.5, 0.6) is 5.75 Å². The molecule has 0 N–H and O–H groups in total. The number of hydrogen-bond acceptors (Lipinski definition) is 6. The van der Waals surface area contributed by atoms with Crippen molar-refractivity contribution < 1.29 is 19.2 Å². The van der Waals surface area contributed by atoms with Crippen LogP contribution in [0.2, 0.25) is 0 Å². The topological polar surface area (TPSA) is 81.9 Å². The van der Waals surface area contributed by atoms with Gasteiger partial charge in [0.05, 0.1) is 25.6 Å². The largest absolute Gasteiger partial charge is 0.490 e. The summed E-state index contributed by atoms with van der Waals surface area (Å²) in [5, 5.41) is 11.2. The Morgan fingerprint density at radius 2 is 2.10 bits per heavy atom. The van der Waals surface area contributed by atoms with Gasteiger partial charge >= 0.3 is 11.7 Å². The van der Waals surface area contributed by atoms with Crippen molar-refractivity contribution in [3.63, 3.8) is 0 Å². The molecule has 0 aliphatic carbocycles. The number of para-hydroxylation sites is 1. The predicted molar refractivity (Wildman–Crippen MR) is 74.2 cm³/mol. The lowest BCUT2D eigenvalue weighted by Crippen LogP contribution is -2.26. The molecule has 0 saturated carbocycles. The monoisotopic (exact) mass is 282 g/mol. The highest BCUT2D eigenvalue weighted by molar-refractivity contribution is 5.72. The minimum Gasteiger partial charge on any atom is -0.490 e. The molecule has 0 radical (unpaired) electrons. The standard InChI is InChI=1S/C13H18N2O5/c1-4-14(9-8-12(16)20-3)10-6-5-7-11(19-2)13(10)15(17)18/h5-7H,4,8-9H2,1-3H3. The SMILES string of the molecule is CCN(CCC(=O)OC)c1cccc(OC)c1[N+](=O)[O-]. The molecular weight excluding hydrogens is 264 g/mol. The average molecular weight is 282 g/mol. The lowest BCUT2D eigenvalue weighted by molar-refractivity contribution is -0.385. The van der Waals surface area contributed by atoms with Crippen LogP contribution in [0.25, 0.3) is 0 Å². The maximum atomic E-state index is 11.2. The third-order valence-corrected chi connectivity index (χ3v) is 2.92. The molecule has 1 aromatic rings. The van der Waals surface area contributed by atoms with E-state index >= 15 is 0 Å². The summed E-state index contributed by atoms with van der Waals surface area (Å²) < 4.78 is 9.61. The fourth-order valence-corrected chi connectivity index (χ4v) is 1.89. The van der Waals surface area contributed by atoms with E-state index in [1.54, 1.807) is 17.0 Å². The quantitative estimate of drug-likeness (QED) is 0.432. The summed E-state index contributed by atoms with van der Waals surface area (Å²) in [5.74, 6) is -0.155. The molecule has 0 amide bonds. The third kappa shape index (κ3) is 3.59. The molecule has 20 heavy (non-hydrogen) atoms. The van der Waals surface area contributed by atoms with Gasteiger partial charge in [-0.15, -0.1) is 0 Å². The second kappa shape index (κ2) is 7.32. The van der Waals surface area contributed by atoms with E-state index in [0.717, 1.165) is 0 Å². The molecule has 0 spiro atoms. The summed E-state index contributed by atoms with van der Waals surface area (Å²) in [6.45, 7) is 2.74. The fraction of sp³-hybridized carbons (Fsp3) is 0.462. The van der Waals surface area contributed by atoms with Crippen molar-refractivity contribution in [3.05, 3.63) is 28.3 Å². The summed E-state index contributed by atoms with van der Waals surface area (Å²) in [7, 11) is 2.70. The summed E-state index contributed by atoms with van der Waals surface area (Å²) in [6, 6.07) is 4.86. The van der Waals surface area contributed by atoms with E-state index in [9.17, 15) is 14.9 Å². The molecule has 0 aromatic heterocycles. The Morgan fingerprint density at radius 3 is 2.60 bits per heavy atom. The summed E-state index contributed by atoms with van der Waals surface area (Å²) in [4.78, 5) is 23.7. The first-order valence-corrected chi connectivity index (χ1v) is 6.18. The maximum absolute atomic E-state index is 11.2. The Hall–Kier alpha value is -2.31. The van der Waals surface area contributed by atoms with Crippen LogP contribution in [0.15, 0.2) is 18.2 Å². The van der Waals surface area contributed by atoms with Crippen LogP contribution in [0.1, 0.15) is 13.3 Å². The van der Waals surface area contributed by atoms with Gasteiger partial charge in [-0.1, -0.05) is 6.07 Å². The average Bonchev–Trinajstić information content (AvgIpc) is 2.46. The summed E-state index contributed by atoms with van der Waals surface area (Å²) in [6.07, 6.45) is 0.165. The number of methoxy groups -OCH3 is 2. The molecule has 0 heterocycles. The number of esters is 1. The number of hydrogen-bond donors (Lipinski definition) is 0. The third-order valence-electron chi connectivity index (χ3n) is 2.92. The van der Waals surface area contributed by atoms with E-state index in [4.69, 9.17) is 4.74 Å². The number of nitrogens with zero attached hydrogens (tertiary/aromatic N) is 2.